The molecule has 0 bridgehead atoms. The predicted molar refractivity (Wildman–Crippen MR) is 127 cm³/mol. The van der Waals surface area contributed by atoms with Crippen LogP contribution in [-0.2, 0) is 27.4 Å². The van der Waals surface area contributed by atoms with Gasteiger partial charge in [-0.15, -0.1) is 0 Å². The van der Waals surface area contributed by atoms with Gasteiger partial charge in [-0.2, -0.15) is 5.26 Å². The van der Waals surface area contributed by atoms with Gasteiger partial charge < -0.3 is 14.8 Å². The van der Waals surface area contributed by atoms with Crippen LogP contribution in [0.5, 0.6) is 5.75 Å². The molecule has 3 aromatic rings. The zero-order valence-corrected chi connectivity index (χ0v) is 18.8. The van der Waals surface area contributed by atoms with Crippen molar-refractivity contribution in [1.29, 1.82) is 5.26 Å². The molecule has 0 saturated carbocycles. The van der Waals surface area contributed by atoms with Gasteiger partial charge in [-0.1, -0.05) is 60.7 Å². The molecular formula is C26H24N4O5. The number of nitriles is 1. The number of rotatable bonds is 9. The summed E-state index contributed by atoms with van der Waals surface area (Å²) in [6, 6.07) is 25.5. The second-order valence-electron chi connectivity index (χ2n) is 7.41. The molecule has 35 heavy (non-hydrogen) atoms. The van der Waals surface area contributed by atoms with Crippen molar-refractivity contribution in [2.75, 3.05) is 6.61 Å². The van der Waals surface area contributed by atoms with Crippen LogP contribution in [0.2, 0.25) is 0 Å². The Labute approximate surface area is 202 Å². The molecule has 3 N–H and O–H groups in total. The van der Waals surface area contributed by atoms with Crippen LogP contribution in [0.15, 0.2) is 84.9 Å². The minimum Gasteiger partial charge on any atom is -0.484 e. The molecular weight excluding hydrogens is 448 g/mol. The molecule has 1 atom stereocenters. The SMILES string of the molecule is N#Cc1ccc(OCC(=O)NNC(=O)[C@H](Cc2ccccc2)NC(=O)OCc2ccccc2)cc1. The van der Waals surface area contributed by atoms with Crippen molar-refractivity contribution >= 4 is 17.9 Å². The molecule has 0 radical (unpaired) electrons. The number of carbonyl (C=O) groups excluding carboxylic acids is 3. The molecule has 178 valence electrons. The van der Waals surface area contributed by atoms with Crippen molar-refractivity contribution in [2.45, 2.75) is 19.1 Å². The van der Waals surface area contributed by atoms with Crippen molar-refractivity contribution in [3.05, 3.63) is 102 Å². The van der Waals surface area contributed by atoms with Gasteiger partial charge in [0.05, 0.1) is 11.6 Å². The van der Waals surface area contributed by atoms with Crippen LogP contribution >= 0.6 is 0 Å². The number of hydrogen-bond acceptors (Lipinski definition) is 6. The van der Waals surface area contributed by atoms with Gasteiger partial charge in [0.1, 0.15) is 18.4 Å². The topological polar surface area (TPSA) is 130 Å². The molecule has 0 aliphatic heterocycles. The summed E-state index contributed by atoms with van der Waals surface area (Å²) in [5.41, 5.74) is 6.65. The lowest BCUT2D eigenvalue weighted by Gasteiger charge is -2.19. The molecule has 3 amide bonds. The van der Waals surface area contributed by atoms with Crippen LogP contribution < -0.4 is 20.9 Å². The first kappa shape index (κ1) is 24.8. The highest BCUT2D eigenvalue weighted by Gasteiger charge is 2.22. The summed E-state index contributed by atoms with van der Waals surface area (Å²) in [5.74, 6) is -0.833. The number of hydrazine groups is 1. The van der Waals surface area contributed by atoms with E-state index in [1.807, 2.05) is 66.7 Å². The summed E-state index contributed by atoms with van der Waals surface area (Å²) in [6.45, 7) is -0.308. The number of alkyl carbamates (subject to hydrolysis) is 1. The van der Waals surface area contributed by atoms with Gasteiger partial charge >= 0.3 is 6.09 Å². The van der Waals surface area contributed by atoms with Crippen LogP contribution in [0.4, 0.5) is 4.79 Å². The predicted octanol–water partition coefficient (Wildman–Crippen LogP) is 2.62. The average Bonchev–Trinajstić information content (AvgIpc) is 2.90. The highest BCUT2D eigenvalue weighted by Crippen LogP contribution is 2.11. The van der Waals surface area contributed by atoms with Crippen molar-refractivity contribution in [1.82, 2.24) is 16.2 Å². The van der Waals surface area contributed by atoms with Crippen molar-refractivity contribution in [3.63, 3.8) is 0 Å². The fourth-order valence-electron chi connectivity index (χ4n) is 3.00. The molecule has 9 heteroatoms. The highest BCUT2D eigenvalue weighted by molar-refractivity contribution is 5.88. The lowest BCUT2D eigenvalue weighted by atomic mass is 10.1. The number of amides is 3. The van der Waals surface area contributed by atoms with E-state index < -0.39 is 23.9 Å². The number of hydrogen-bond donors (Lipinski definition) is 3. The van der Waals surface area contributed by atoms with Crippen molar-refractivity contribution in [2.24, 2.45) is 0 Å². The minimum absolute atomic E-state index is 0.0514. The van der Waals surface area contributed by atoms with E-state index in [2.05, 4.69) is 16.2 Å². The van der Waals surface area contributed by atoms with Crippen LogP contribution in [0.25, 0.3) is 0 Å². The zero-order valence-electron chi connectivity index (χ0n) is 18.8. The minimum atomic E-state index is -1.000. The smallest absolute Gasteiger partial charge is 0.408 e. The maximum Gasteiger partial charge on any atom is 0.408 e. The quantitative estimate of drug-likeness (QED) is 0.411. The van der Waals surface area contributed by atoms with Gasteiger partial charge in [0.15, 0.2) is 6.61 Å². The summed E-state index contributed by atoms with van der Waals surface area (Å²) >= 11 is 0. The molecule has 0 aliphatic carbocycles. The molecule has 0 saturated heterocycles. The van der Waals surface area contributed by atoms with Crippen LogP contribution in [0, 0.1) is 11.3 Å². The Bertz CT molecular complexity index is 1160. The van der Waals surface area contributed by atoms with E-state index in [0.717, 1.165) is 11.1 Å². The fraction of sp³-hybridized carbons (Fsp3) is 0.154. The summed E-state index contributed by atoms with van der Waals surface area (Å²) in [4.78, 5) is 37.2. The van der Waals surface area contributed by atoms with E-state index in [-0.39, 0.29) is 19.6 Å². The lowest BCUT2D eigenvalue weighted by Crippen LogP contribution is -2.53. The second kappa shape index (κ2) is 13.0. The second-order valence-corrected chi connectivity index (χ2v) is 7.41. The van der Waals surface area contributed by atoms with Crippen LogP contribution in [0.3, 0.4) is 0 Å². The Morgan fingerprint density at radius 2 is 1.46 bits per heavy atom. The highest BCUT2D eigenvalue weighted by atomic mass is 16.5. The first-order valence-corrected chi connectivity index (χ1v) is 10.8. The molecule has 9 nitrogen and oxygen atoms in total. The molecule has 0 aliphatic rings. The first-order chi connectivity index (χ1) is 17.0. The molecule has 0 fully saturated rings. The molecule has 0 unspecified atom stereocenters. The van der Waals surface area contributed by atoms with E-state index in [0.29, 0.717) is 11.3 Å². The van der Waals surface area contributed by atoms with Gasteiger partial charge in [0, 0.05) is 6.42 Å². The van der Waals surface area contributed by atoms with Crippen molar-refractivity contribution < 1.29 is 23.9 Å². The Balaban J connectivity index is 1.52. The van der Waals surface area contributed by atoms with Gasteiger partial charge in [-0.05, 0) is 35.4 Å². The molecule has 0 aromatic heterocycles. The van der Waals surface area contributed by atoms with Gasteiger partial charge in [-0.3, -0.25) is 20.4 Å². The number of nitrogens with zero attached hydrogens (tertiary/aromatic N) is 1. The summed E-state index contributed by atoms with van der Waals surface area (Å²) in [6.07, 6.45) is -0.578. The summed E-state index contributed by atoms with van der Waals surface area (Å²) < 4.78 is 10.6. The van der Waals surface area contributed by atoms with E-state index in [9.17, 15) is 14.4 Å². The third-order valence-corrected chi connectivity index (χ3v) is 4.78. The maximum atomic E-state index is 12.7. The number of carbonyl (C=O) groups is 3. The van der Waals surface area contributed by atoms with E-state index in [4.69, 9.17) is 14.7 Å². The standard InChI is InChI=1S/C26H24N4O5/c27-16-20-11-13-22(14-12-20)34-18-24(31)29-30-25(32)23(15-19-7-3-1-4-8-19)28-26(33)35-17-21-9-5-2-6-10-21/h1-14,23H,15,17-18H2,(H,28,33)(H,29,31)(H,30,32)/t23-/m0/s1. The van der Waals surface area contributed by atoms with Crippen molar-refractivity contribution in [3.8, 4) is 11.8 Å². The maximum absolute atomic E-state index is 12.7. The summed E-state index contributed by atoms with van der Waals surface area (Å²) in [7, 11) is 0. The zero-order chi connectivity index (χ0) is 24.9. The number of ether oxygens (including phenoxy) is 2. The van der Waals surface area contributed by atoms with E-state index in [1.165, 1.54) is 0 Å². The third-order valence-electron chi connectivity index (χ3n) is 4.78. The number of benzene rings is 3. The van der Waals surface area contributed by atoms with E-state index in [1.54, 1.807) is 24.3 Å². The Morgan fingerprint density at radius 1 is 0.829 bits per heavy atom. The average molecular weight is 473 g/mol. The lowest BCUT2D eigenvalue weighted by molar-refractivity contribution is -0.130. The van der Waals surface area contributed by atoms with E-state index >= 15 is 0 Å². The largest absolute Gasteiger partial charge is 0.484 e. The van der Waals surface area contributed by atoms with Gasteiger partial charge in [0.2, 0.25) is 0 Å². The summed E-state index contributed by atoms with van der Waals surface area (Å²) in [5, 5.41) is 11.4. The van der Waals surface area contributed by atoms with Crippen LogP contribution in [0.1, 0.15) is 16.7 Å². The Morgan fingerprint density at radius 3 is 2.09 bits per heavy atom. The molecule has 3 rings (SSSR count). The third kappa shape index (κ3) is 8.55. The monoisotopic (exact) mass is 472 g/mol. The molecule has 0 heterocycles. The van der Waals surface area contributed by atoms with Crippen LogP contribution in [-0.4, -0.2) is 30.6 Å². The molecule has 3 aromatic carbocycles. The van der Waals surface area contributed by atoms with Gasteiger partial charge in [-0.25, -0.2) is 4.79 Å². The Hall–Kier alpha value is -4.84. The molecule has 0 spiro atoms. The first-order valence-electron chi connectivity index (χ1n) is 10.8. The van der Waals surface area contributed by atoms with Gasteiger partial charge in [0.25, 0.3) is 11.8 Å². The Kier molecular flexibility index (Phi) is 9.22. The normalized spacial score (nSPS) is 10.8. The number of nitrogens with one attached hydrogen (secondary N) is 3. The fourth-order valence-corrected chi connectivity index (χ4v) is 3.00.